The maximum atomic E-state index is 12.9. The van der Waals surface area contributed by atoms with E-state index in [1.54, 1.807) is 36.4 Å². The predicted molar refractivity (Wildman–Crippen MR) is 152 cm³/mol. The van der Waals surface area contributed by atoms with Crippen LogP contribution < -0.4 is 14.9 Å². The Bertz CT molecular complexity index is 1320. The van der Waals surface area contributed by atoms with Crippen molar-refractivity contribution in [2.75, 3.05) is 23.3 Å². The molecule has 0 unspecified atom stereocenters. The molecule has 8 nitrogen and oxygen atoms in total. The van der Waals surface area contributed by atoms with Gasteiger partial charge in [0.05, 0.1) is 17.2 Å². The SMILES string of the molecule is CN(c1ccccc1)S(=O)(=O)c1ccc(NC(=S)NC(=O)CCCC(=O)OCCCc2ccccc2)cc1. The highest BCUT2D eigenvalue weighted by Gasteiger charge is 2.21. The van der Waals surface area contributed by atoms with Crippen LogP contribution in [0.15, 0.2) is 89.8 Å². The number of rotatable bonds is 12. The van der Waals surface area contributed by atoms with E-state index >= 15 is 0 Å². The summed E-state index contributed by atoms with van der Waals surface area (Å²) in [7, 11) is -2.24. The quantitative estimate of drug-likeness (QED) is 0.191. The smallest absolute Gasteiger partial charge is 0.305 e. The first-order chi connectivity index (χ1) is 18.3. The minimum atomic E-state index is -3.73. The Morgan fingerprint density at radius 3 is 2.16 bits per heavy atom. The van der Waals surface area contributed by atoms with Crippen molar-refractivity contribution in [2.24, 2.45) is 0 Å². The van der Waals surface area contributed by atoms with Crippen molar-refractivity contribution >= 4 is 50.6 Å². The first-order valence-electron chi connectivity index (χ1n) is 12.2. The minimum Gasteiger partial charge on any atom is -0.466 e. The fraction of sp³-hybridized carbons (Fsp3) is 0.250. The van der Waals surface area contributed by atoms with Crippen molar-refractivity contribution < 1.29 is 22.7 Å². The maximum absolute atomic E-state index is 12.9. The molecule has 10 heteroatoms. The molecule has 38 heavy (non-hydrogen) atoms. The van der Waals surface area contributed by atoms with Crippen LogP contribution >= 0.6 is 12.2 Å². The van der Waals surface area contributed by atoms with Crippen LogP contribution in [0.4, 0.5) is 11.4 Å². The molecule has 1 amide bonds. The first kappa shape index (κ1) is 28.8. The molecule has 3 aromatic carbocycles. The van der Waals surface area contributed by atoms with Crippen LogP contribution in [0.1, 0.15) is 31.2 Å². The van der Waals surface area contributed by atoms with Crippen LogP contribution in [0, 0.1) is 0 Å². The third-order valence-electron chi connectivity index (χ3n) is 5.64. The largest absolute Gasteiger partial charge is 0.466 e. The van der Waals surface area contributed by atoms with Crippen LogP contribution in [-0.4, -0.2) is 39.1 Å². The summed E-state index contributed by atoms with van der Waals surface area (Å²) >= 11 is 5.18. The minimum absolute atomic E-state index is 0.0792. The molecule has 0 saturated heterocycles. The molecule has 3 rings (SSSR count). The zero-order valence-corrected chi connectivity index (χ0v) is 22.8. The van der Waals surface area contributed by atoms with Gasteiger partial charge >= 0.3 is 5.97 Å². The second-order valence-corrected chi connectivity index (χ2v) is 10.9. The van der Waals surface area contributed by atoms with Gasteiger partial charge in [-0.1, -0.05) is 48.5 Å². The average Bonchev–Trinajstić information content (AvgIpc) is 2.92. The van der Waals surface area contributed by atoms with Gasteiger partial charge in [-0.05, 0) is 73.4 Å². The third-order valence-corrected chi connectivity index (χ3v) is 7.65. The van der Waals surface area contributed by atoms with E-state index in [1.165, 1.54) is 29.0 Å². The topological polar surface area (TPSA) is 105 Å². The molecule has 0 fully saturated rings. The van der Waals surface area contributed by atoms with E-state index in [1.807, 2.05) is 36.4 Å². The summed E-state index contributed by atoms with van der Waals surface area (Å²) in [5, 5.41) is 5.50. The highest BCUT2D eigenvalue weighted by molar-refractivity contribution is 7.92. The van der Waals surface area contributed by atoms with Gasteiger partial charge in [-0.3, -0.25) is 13.9 Å². The molecule has 0 radical (unpaired) electrons. The number of para-hydroxylation sites is 1. The Kier molecular flexibility index (Phi) is 10.8. The van der Waals surface area contributed by atoms with Crippen molar-refractivity contribution in [2.45, 2.75) is 37.0 Å². The van der Waals surface area contributed by atoms with Crippen molar-refractivity contribution in [3.05, 3.63) is 90.5 Å². The van der Waals surface area contributed by atoms with Crippen molar-refractivity contribution in [3.63, 3.8) is 0 Å². The van der Waals surface area contributed by atoms with E-state index < -0.39 is 10.0 Å². The van der Waals surface area contributed by atoms with E-state index in [2.05, 4.69) is 10.6 Å². The van der Waals surface area contributed by atoms with Gasteiger partial charge in [0, 0.05) is 25.6 Å². The van der Waals surface area contributed by atoms with Crippen LogP contribution in [0.25, 0.3) is 0 Å². The Labute approximate surface area is 229 Å². The van der Waals surface area contributed by atoms with E-state index in [0.29, 0.717) is 24.4 Å². The molecule has 3 aromatic rings. The van der Waals surface area contributed by atoms with Crippen LogP contribution in [0.2, 0.25) is 0 Å². The van der Waals surface area contributed by atoms with Crippen molar-refractivity contribution in [1.82, 2.24) is 5.32 Å². The van der Waals surface area contributed by atoms with E-state index in [4.69, 9.17) is 17.0 Å². The molecule has 0 saturated carbocycles. The number of nitrogens with zero attached hydrogens (tertiary/aromatic N) is 1. The summed E-state index contributed by atoms with van der Waals surface area (Å²) in [5.74, 6) is -0.664. The number of aryl methyl sites for hydroxylation is 1. The Morgan fingerprint density at radius 2 is 1.50 bits per heavy atom. The van der Waals surface area contributed by atoms with Gasteiger partial charge in [0.15, 0.2) is 5.11 Å². The number of esters is 1. The Balaban J connectivity index is 1.35. The first-order valence-corrected chi connectivity index (χ1v) is 14.0. The number of thiocarbonyl (C=S) groups is 1. The van der Waals surface area contributed by atoms with Gasteiger partial charge in [0.2, 0.25) is 5.91 Å². The number of carbonyl (C=O) groups excluding carboxylic acids is 2. The van der Waals surface area contributed by atoms with E-state index in [-0.39, 0.29) is 34.7 Å². The molecule has 0 aromatic heterocycles. The molecule has 200 valence electrons. The second kappa shape index (κ2) is 14.3. The molecule has 0 heterocycles. The fourth-order valence-electron chi connectivity index (χ4n) is 3.57. The number of anilines is 2. The zero-order chi connectivity index (χ0) is 27.4. The summed E-state index contributed by atoms with van der Waals surface area (Å²) in [6, 6.07) is 24.8. The molecule has 0 aliphatic heterocycles. The lowest BCUT2D eigenvalue weighted by molar-refractivity contribution is -0.143. The lowest BCUT2D eigenvalue weighted by atomic mass is 10.1. The molecule has 0 spiro atoms. The highest BCUT2D eigenvalue weighted by atomic mass is 32.2. The molecule has 0 bridgehead atoms. The second-order valence-electron chi connectivity index (χ2n) is 8.50. The molecular weight excluding hydrogens is 522 g/mol. The van der Waals surface area contributed by atoms with Gasteiger partial charge in [-0.2, -0.15) is 0 Å². The molecule has 0 atom stereocenters. The molecule has 0 aliphatic rings. The fourth-order valence-corrected chi connectivity index (χ4v) is 5.00. The highest BCUT2D eigenvalue weighted by Crippen LogP contribution is 2.22. The van der Waals surface area contributed by atoms with Crippen molar-refractivity contribution in [3.8, 4) is 0 Å². The normalized spacial score (nSPS) is 10.9. The van der Waals surface area contributed by atoms with Crippen LogP contribution in [0.5, 0.6) is 0 Å². The zero-order valence-electron chi connectivity index (χ0n) is 21.1. The van der Waals surface area contributed by atoms with Crippen LogP contribution in [0.3, 0.4) is 0 Å². The Morgan fingerprint density at radius 1 is 0.868 bits per heavy atom. The standard InChI is InChI=1S/C28H31N3O5S2/c1-31(24-13-6-3-7-14-24)38(34,35)25-19-17-23(18-20-25)29-28(37)30-26(32)15-8-16-27(33)36-21-9-12-22-10-4-2-5-11-22/h2-7,10-11,13-14,17-20H,8-9,12,15-16,21H2,1H3,(H2,29,30,32,37). The number of sulfonamides is 1. The van der Waals surface area contributed by atoms with Gasteiger partial charge in [-0.15, -0.1) is 0 Å². The monoisotopic (exact) mass is 553 g/mol. The molecule has 2 N–H and O–H groups in total. The van der Waals surface area contributed by atoms with Crippen molar-refractivity contribution in [1.29, 1.82) is 0 Å². The Hall–Kier alpha value is -3.76. The summed E-state index contributed by atoms with van der Waals surface area (Å²) in [4.78, 5) is 24.2. The lowest BCUT2D eigenvalue weighted by Gasteiger charge is -2.19. The van der Waals surface area contributed by atoms with E-state index in [0.717, 1.165) is 12.8 Å². The average molecular weight is 554 g/mol. The number of carbonyl (C=O) groups is 2. The van der Waals surface area contributed by atoms with Gasteiger partial charge in [0.1, 0.15) is 0 Å². The number of nitrogens with one attached hydrogen (secondary N) is 2. The predicted octanol–water partition coefficient (Wildman–Crippen LogP) is 4.67. The van der Waals surface area contributed by atoms with Gasteiger partial charge in [0.25, 0.3) is 10.0 Å². The number of amides is 1. The number of benzene rings is 3. The summed E-state index contributed by atoms with van der Waals surface area (Å²) < 4.78 is 32.2. The summed E-state index contributed by atoms with van der Waals surface area (Å²) in [5.41, 5.74) is 2.27. The molecule has 0 aliphatic carbocycles. The molecular formula is C28H31N3O5S2. The summed E-state index contributed by atoms with van der Waals surface area (Å²) in [6.07, 6.45) is 2.18. The number of ether oxygens (including phenoxy) is 1. The van der Waals surface area contributed by atoms with Gasteiger partial charge < -0.3 is 15.4 Å². The van der Waals surface area contributed by atoms with Gasteiger partial charge in [-0.25, -0.2) is 8.42 Å². The third kappa shape index (κ3) is 8.97. The number of hydrogen-bond donors (Lipinski definition) is 2. The van der Waals surface area contributed by atoms with E-state index in [9.17, 15) is 18.0 Å². The maximum Gasteiger partial charge on any atom is 0.305 e. The van der Waals surface area contributed by atoms with Crippen LogP contribution in [-0.2, 0) is 30.8 Å². The summed E-state index contributed by atoms with van der Waals surface area (Å²) in [6.45, 7) is 0.344. The number of hydrogen-bond acceptors (Lipinski definition) is 6. The lowest BCUT2D eigenvalue weighted by Crippen LogP contribution is -2.34.